The van der Waals surface area contributed by atoms with E-state index in [1.807, 2.05) is 18.2 Å². The van der Waals surface area contributed by atoms with Crippen LogP contribution in [-0.2, 0) is 4.74 Å². The molecular weight excluding hydrogens is 336 g/mol. The number of nitrogens with two attached hydrogens (primary N) is 2. The average molecular weight is 369 g/mol. The summed E-state index contributed by atoms with van der Waals surface area (Å²) >= 11 is 5.87. The number of nitrogens with one attached hydrogen (secondary N) is 2. The van der Waals surface area contributed by atoms with Gasteiger partial charge in [-0.15, -0.1) is 0 Å². The van der Waals surface area contributed by atoms with Crippen molar-refractivity contribution < 1.29 is 4.74 Å². The zero-order valence-electron chi connectivity index (χ0n) is 15.3. The number of benzene rings is 1. The molecule has 0 radical (unpaired) electrons. The molecule has 142 valence electrons. The number of ether oxygens (including phenoxy) is 1. The smallest absolute Gasteiger partial charge is 0.0966 e. The second kappa shape index (κ2) is 10.5. The van der Waals surface area contributed by atoms with Crippen LogP contribution >= 0.6 is 11.6 Å². The molecule has 0 amide bonds. The number of halogens is 1. The first kappa shape index (κ1) is 20.6. The van der Waals surface area contributed by atoms with Gasteiger partial charge in [-0.3, -0.25) is 5.84 Å². The highest BCUT2D eigenvalue weighted by Crippen LogP contribution is 2.42. The summed E-state index contributed by atoms with van der Waals surface area (Å²) in [7, 11) is 0. The van der Waals surface area contributed by atoms with Gasteiger partial charge in [0.15, 0.2) is 0 Å². The van der Waals surface area contributed by atoms with Crippen LogP contribution in [0.25, 0.3) is 0 Å². The largest absolute Gasteiger partial charge is 0.378 e. The SMILES string of the molecule is CC1(C2CCCCO2)CCCCC1.NNNC(N)c1ccccc1Cl. The van der Waals surface area contributed by atoms with Gasteiger partial charge in [-0.25, -0.2) is 5.43 Å². The van der Waals surface area contributed by atoms with E-state index in [1.165, 1.54) is 51.4 Å². The normalized spacial score (nSPS) is 24.1. The Bertz CT molecular complexity index is 502. The third-order valence-corrected chi connectivity index (χ3v) is 5.78. The molecule has 2 aliphatic rings. The molecule has 1 aliphatic carbocycles. The van der Waals surface area contributed by atoms with Crippen molar-refractivity contribution in [2.75, 3.05) is 6.61 Å². The number of hydrogen-bond donors (Lipinski definition) is 4. The molecule has 1 aromatic carbocycles. The number of rotatable bonds is 4. The predicted molar refractivity (Wildman–Crippen MR) is 104 cm³/mol. The lowest BCUT2D eigenvalue weighted by molar-refractivity contribution is -0.0756. The van der Waals surface area contributed by atoms with Gasteiger partial charge in [0.2, 0.25) is 0 Å². The molecule has 0 spiro atoms. The van der Waals surface area contributed by atoms with E-state index < -0.39 is 6.17 Å². The van der Waals surface area contributed by atoms with Gasteiger partial charge in [0.1, 0.15) is 0 Å². The second-order valence-electron chi connectivity index (χ2n) is 7.36. The summed E-state index contributed by atoms with van der Waals surface area (Å²) in [5.41, 5.74) is 11.9. The van der Waals surface area contributed by atoms with Crippen molar-refractivity contribution in [1.82, 2.24) is 11.0 Å². The van der Waals surface area contributed by atoms with Crippen molar-refractivity contribution in [2.24, 2.45) is 17.0 Å². The zero-order chi connectivity index (χ0) is 18.1. The van der Waals surface area contributed by atoms with Crippen molar-refractivity contribution >= 4 is 11.6 Å². The predicted octanol–water partition coefficient (Wildman–Crippen LogP) is 3.79. The first-order valence-corrected chi connectivity index (χ1v) is 9.77. The summed E-state index contributed by atoms with van der Waals surface area (Å²) in [6.07, 6.45) is 11.3. The van der Waals surface area contributed by atoms with E-state index in [2.05, 4.69) is 17.9 Å². The van der Waals surface area contributed by atoms with E-state index >= 15 is 0 Å². The third kappa shape index (κ3) is 6.20. The quantitative estimate of drug-likeness (QED) is 0.369. The lowest BCUT2D eigenvalue weighted by atomic mass is 9.70. The van der Waals surface area contributed by atoms with E-state index in [0.29, 0.717) is 16.5 Å². The Morgan fingerprint density at radius 2 is 1.88 bits per heavy atom. The molecule has 1 saturated carbocycles. The van der Waals surface area contributed by atoms with Gasteiger partial charge in [-0.1, -0.05) is 56.0 Å². The Hall–Kier alpha value is -0.690. The lowest BCUT2D eigenvalue weighted by Gasteiger charge is -2.42. The summed E-state index contributed by atoms with van der Waals surface area (Å²) in [4.78, 5) is 0. The van der Waals surface area contributed by atoms with Crippen LogP contribution in [-0.4, -0.2) is 12.7 Å². The Morgan fingerprint density at radius 3 is 2.48 bits per heavy atom. The van der Waals surface area contributed by atoms with E-state index in [-0.39, 0.29) is 0 Å². The van der Waals surface area contributed by atoms with Crippen LogP contribution in [0.3, 0.4) is 0 Å². The second-order valence-corrected chi connectivity index (χ2v) is 7.76. The monoisotopic (exact) mass is 368 g/mol. The molecule has 2 atom stereocenters. The van der Waals surface area contributed by atoms with Crippen LogP contribution in [0.4, 0.5) is 0 Å². The number of hydrogen-bond acceptors (Lipinski definition) is 5. The fourth-order valence-corrected chi connectivity index (χ4v) is 4.12. The average Bonchev–Trinajstić information content (AvgIpc) is 2.64. The molecule has 0 aromatic heterocycles. The van der Waals surface area contributed by atoms with Crippen LogP contribution in [0.15, 0.2) is 24.3 Å². The van der Waals surface area contributed by atoms with Gasteiger partial charge in [-0.2, -0.15) is 5.53 Å². The van der Waals surface area contributed by atoms with Crippen molar-refractivity contribution in [3.63, 3.8) is 0 Å². The van der Waals surface area contributed by atoms with Crippen LogP contribution in [0, 0.1) is 5.41 Å². The van der Waals surface area contributed by atoms with Gasteiger partial charge < -0.3 is 10.5 Å². The maximum Gasteiger partial charge on any atom is 0.0966 e. The molecular formula is C19H33ClN4O. The standard InChI is InChI=1S/C12H22O.C7H11ClN4/c1-12(8-4-2-5-9-12)11-7-3-6-10-13-11;8-6-4-2-1-3-5(6)7(9)11-12-10/h11H,2-10H2,1H3;1-4,7,11-12H,9-10H2. The fraction of sp³-hybridized carbons (Fsp3) is 0.684. The summed E-state index contributed by atoms with van der Waals surface area (Å²) in [5.74, 6) is 5.03. The van der Waals surface area contributed by atoms with Crippen molar-refractivity contribution in [3.05, 3.63) is 34.9 Å². The van der Waals surface area contributed by atoms with E-state index in [0.717, 1.165) is 12.2 Å². The van der Waals surface area contributed by atoms with Crippen LogP contribution < -0.4 is 22.5 Å². The first-order valence-electron chi connectivity index (χ1n) is 9.39. The summed E-state index contributed by atoms with van der Waals surface area (Å²) in [6.45, 7) is 3.46. The van der Waals surface area contributed by atoms with Crippen LogP contribution in [0.2, 0.25) is 5.02 Å². The topological polar surface area (TPSA) is 85.3 Å². The molecule has 2 unspecified atom stereocenters. The van der Waals surface area contributed by atoms with Crippen LogP contribution in [0.1, 0.15) is 70.0 Å². The van der Waals surface area contributed by atoms with Crippen molar-refractivity contribution in [3.8, 4) is 0 Å². The Balaban J connectivity index is 0.000000181. The highest BCUT2D eigenvalue weighted by atomic mass is 35.5. The van der Waals surface area contributed by atoms with E-state index in [4.69, 9.17) is 27.9 Å². The molecule has 1 aromatic rings. The zero-order valence-corrected chi connectivity index (χ0v) is 16.0. The molecule has 2 fully saturated rings. The summed E-state index contributed by atoms with van der Waals surface area (Å²) in [6, 6.07) is 7.31. The van der Waals surface area contributed by atoms with E-state index in [1.54, 1.807) is 6.07 Å². The minimum Gasteiger partial charge on any atom is -0.378 e. The molecule has 6 heteroatoms. The minimum absolute atomic E-state index is 0.399. The molecule has 0 bridgehead atoms. The fourth-order valence-electron chi connectivity index (χ4n) is 3.87. The molecule has 1 aliphatic heterocycles. The van der Waals surface area contributed by atoms with E-state index in [9.17, 15) is 0 Å². The molecule has 25 heavy (non-hydrogen) atoms. The van der Waals surface area contributed by atoms with Gasteiger partial charge >= 0.3 is 0 Å². The van der Waals surface area contributed by atoms with Crippen molar-refractivity contribution in [1.29, 1.82) is 0 Å². The minimum atomic E-state index is -0.399. The van der Waals surface area contributed by atoms with Gasteiger partial charge in [0.25, 0.3) is 0 Å². The van der Waals surface area contributed by atoms with Gasteiger partial charge in [-0.05, 0) is 43.6 Å². The maximum absolute atomic E-state index is 5.92. The first-order chi connectivity index (χ1) is 12.1. The highest BCUT2D eigenvalue weighted by Gasteiger charge is 2.36. The Kier molecular flexibility index (Phi) is 8.62. The third-order valence-electron chi connectivity index (χ3n) is 5.43. The summed E-state index contributed by atoms with van der Waals surface area (Å²) < 4.78 is 5.92. The lowest BCUT2D eigenvalue weighted by Crippen LogP contribution is -2.44. The Labute approximate surface area is 156 Å². The molecule has 1 heterocycles. The maximum atomic E-state index is 5.92. The van der Waals surface area contributed by atoms with Gasteiger partial charge in [0.05, 0.1) is 12.3 Å². The molecule has 6 N–H and O–H groups in total. The number of hydrazine groups is 2. The molecule has 3 rings (SSSR count). The Morgan fingerprint density at radius 1 is 1.16 bits per heavy atom. The summed E-state index contributed by atoms with van der Waals surface area (Å²) in [5, 5.41) is 0.618. The molecule has 5 nitrogen and oxygen atoms in total. The highest BCUT2D eigenvalue weighted by molar-refractivity contribution is 6.31. The van der Waals surface area contributed by atoms with Gasteiger partial charge in [0, 0.05) is 17.2 Å². The van der Waals surface area contributed by atoms with Crippen molar-refractivity contribution in [2.45, 2.75) is 70.6 Å². The molecule has 1 saturated heterocycles. The van der Waals surface area contributed by atoms with Crippen LogP contribution in [0.5, 0.6) is 0 Å².